The van der Waals surface area contributed by atoms with Gasteiger partial charge in [0.1, 0.15) is 15.6 Å². The normalized spacial score (nSPS) is 19.4. The minimum absolute atomic E-state index is 0.458. The molecule has 0 saturated carbocycles. The van der Waals surface area contributed by atoms with Gasteiger partial charge in [0, 0.05) is 16.3 Å². The van der Waals surface area contributed by atoms with E-state index in [4.69, 9.17) is 9.97 Å². The van der Waals surface area contributed by atoms with Gasteiger partial charge in [-0.2, -0.15) is 0 Å². The van der Waals surface area contributed by atoms with Crippen LogP contribution in [-0.4, -0.2) is 9.97 Å². The van der Waals surface area contributed by atoms with E-state index in [1.165, 1.54) is 49.5 Å². The van der Waals surface area contributed by atoms with Crippen molar-refractivity contribution in [2.24, 2.45) is 0 Å². The zero-order valence-corrected chi connectivity index (χ0v) is 25.8. The average molecular weight is 638 g/mol. The van der Waals surface area contributed by atoms with Gasteiger partial charge in [-0.1, -0.05) is 168 Å². The molecular formula is C42H25BrN2. The highest BCUT2D eigenvalue weighted by atomic mass is 79.9. The van der Waals surface area contributed by atoms with Crippen molar-refractivity contribution in [2.75, 3.05) is 0 Å². The Morgan fingerprint density at radius 3 is 1.38 bits per heavy atom. The molecule has 3 aliphatic carbocycles. The Bertz CT molecular complexity index is 2400. The lowest BCUT2D eigenvalue weighted by atomic mass is 9.52. The quantitative estimate of drug-likeness (QED) is 0.139. The summed E-state index contributed by atoms with van der Waals surface area (Å²) in [7, 11) is 0. The highest BCUT2D eigenvalue weighted by Gasteiger charge is 2.60. The van der Waals surface area contributed by atoms with E-state index >= 15 is 0 Å². The molecule has 0 N–H and O–H groups in total. The third-order valence-corrected chi connectivity index (χ3v) is 11.3. The van der Waals surface area contributed by atoms with Crippen LogP contribution >= 0.6 is 15.9 Å². The van der Waals surface area contributed by atoms with Crippen molar-refractivity contribution in [1.82, 2.24) is 9.97 Å². The molecule has 11 rings (SSSR count). The van der Waals surface area contributed by atoms with E-state index in [0.717, 1.165) is 33.4 Å². The minimum atomic E-state index is -0.705. The van der Waals surface area contributed by atoms with E-state index < -0.39 is 9.74 Å². The summed E-state index contributed by atoms with van der Waals surface area (Å²) in [5.41, 5.74) is 9.73. The topological polar surface area (TPSA) is 25.8 Å². The number of benzene rings is 7. The monoisotopic (exact) mass is 636 g/mol. The van der Waals surface area contributed by atoms with E-state index in [1.54, 1.807) is 0 Å². The Balaban J connectivity index is 1.47. The van der Waals surface area contributed by atoms with Gasteiger partial charge in [-0.3, -0.25) is 0 Å². The van der Waals surface area contributed by atoms with Gasteiger partial charge in [-0.15, -0.1) is 0 Å². The molecule has 2 bridgehead atoms. The standard InChI is InChI=1S/C42H25BrN2/c43-42-34-23-11-8-20-31(34)41(32-21-9-12-24-35(32)42,33-22-10-13-25-36(33)42)40-44-38(26-14-2-1-3-15-26)37-29-18-6-4-16-27(29)28-17-5-7-19-30(28)39(37)45-40/h1-25H. The van der Waals surface area contributed by atoms with Gasteiger partial charge in [0.15, 0.2) is 0 Å². The Morgan fingerprint density at radius 1 is 0.400 bits per heavy atom. The first-order chi connectivity index (χ1) is 22.2. The molecule has 1 aromatic heterocycles. The zero-order valence-electron chi connectivity index (χ0n) is 24.2. The number of nitrogens with zero attached hydrogens (tertiary/aromatic N) is 2. The molecule has 8 aromatic rings. The summed E-state index contributed by atoms with van der Waals surface area (Å²) in [5.74, 6) is 0.802. The van der Waals surface area contributed by atoms with Crippen molar-refractivity contribution in [2.45, 2.75) is 9.74 Å². The number of rotatable bonds is 2. The van der Waals surface area contributed by atoms with E-state index in [0.29, 0.717) is 0 Å². The highest BCUT2D eigenvalue weighted by molar-refractivity contribution is 9.10. The molecule has 7 aromatic carbocycles. The summed E-state index contributed by atoms with van der Waals surface area (Å²) >= 11 is 4.34. The highest BCUT2D eigenvalue weighted by Crippen LogP contribution is 2.65. The van der Waals surface area contributed by atoms with Gasteiger partial charge < -0.3 is 0 Å². The molecule has 0 unspecified atom stereocenters. The van der Waals surface area contributed by atoms with Crippen LogP contribution in [0.3, 0.4) is 0 Å². The molecule has 3 aliphatic rings. The van der Waals surface area contributed by atoms with Crippen LogP contribution in [0.15, 0.2) is 152 Å². The summed E-state index contributed by atoms with van der Waals surface area (Å²) in [6.45, 7) is 0. The minimum Gasteiger partial charge on any atom is -0.230 e. The van der Waals surface area contributed by atoms with Crippen LogP contribution in [0.4, 0.5) is 0 Å². The second-order valence-electron chi connectivity index (χ2n) is 12.1. The third kappa shape index (κ3) is 3.04. The molecular weight excluding hydrogens is 612 g/mol. The average Bonchev–Trinajstić information content (AvgIpc) is 3.12. The Labute approximate surface area is 269 Å². The van der Waals surface area contributed by atoms with Crippen molar-refractivity contribution < 1.29 is 0 Å². The maximum Gasteiger partial charge on any atom is 0.149 e. The first-order valence-corrected chi connectivity index (χ1v) is 16.2. The fraction of sp³-hybridized carbons (Fsp3) is 0.0476. The van der Waals surface area contributed by atoms with Crippen molar-refractivity contribution in [3.05, 3.63) is 191 Å². The van der Waals surface area contributed by atoms with Crippen LogP contribution in [0, 0.1) is 0 Å². The second kappa shape index (κ2) is 8.97. The third-order valence-electron chi connectivity index (χ3n) is 10.1. The van der Waals surface area contributed by atoms with Crippen LogP contribution < -0.4 is 0 Å². The number of fused-ring (bicyclic) bond motifs is 6. The summed E-state index contributed by atoms with van der Waals surface area (Å²) in [6, 6.07) is 54.6. The molecule has 0 fully saturated rings. The molecule has 45 heavy (non-hydrogen) atoms. The Hall–Kier alpha value is -5.12. The number of alkyl halides is 1. The van der Waals surface area contributed by atoms with Gasteiger partial charge in [0.2, 0.25) is 0 Å². The van der Waals surface area contributed by atoms with Crippen LogP contribution in [0.25, 0.3) is 43.7 Å². The summed E-state index contributed by atoms with van der Waals surface area (Å²) < 4.78 is -0.458. The first-order valence-electron chi connectivity index (χ1n) is 15.4. The molecule has 0 aliphatic heterocycles. The van der Waals surface area contributed by atoms with Gasteiger partial charge >= 0.3 is 0 Å². The largest absolute Gasteiger partial charge is 0.230 e. The van der Waals surface area contributed by atoms with E-state index in [2.05, 4.69) is 168 Å². The zero-order chi connectivity index (χ0) is 29.8. The Morgan fingerprint density at radius 2 is 0.822 bits per heavy atom. The van der Waals surface area contributed by atoms with E-state index in [1.807, 2.05) is 0 Å². The number of hydrogen-bond donors (Lipinski definition) is 0. The molecule has 0 spiro atoms. The first kappa shape index (κ1) is 25.2. The fourth-order valence-corrected chi connectivity index (χ4v) is 9.34. The van der Waals surface area contributed by atoms with Crippen LogP contribution in [0.5, 0.6) is 0 Å². The summed E-state index contributed by atoms with van der Waals surface area (Å²) in [4.78, 5) is 11.4. The van der Waals surface area contributed by atoms with Gasteiger partial charge in [-0.05, 0) is 49.5 Å². The summed E-state index contributed by atoms with van der Waals surface area (Å²) in [5, 5.41) is 5.82. The maximum atomic E-state index is 5.72. The lowest BCUT2D eigenvalue weighted by Crippen LogP contribution is -2.49. The lowest BCUT2D eigenvalue weighted by Gasteiger charge is -2.53. The molecule has 2 nitrogen and oxygen atoms in total. The molecule has 1 heterocycles. The van der Waals surface area contributed by atoms with E-state index in [9.17, 15) is 0 Å². The second-order valence-corrected chi connectivity index (χ2v) is 13.3. The predicted molar refractivity (Wildman–Crippen MR) is 187 cm³/mol. The van der Waals surface area contributed by atoms with Gasteiger partial charge in [0.05, 0.1) is 11.2 Å². The SMILES string of the molecule is BrC12c3ccccc3C(c3nc(-c4ccccc4)c4c5ccccc5c5ccccc5c4n3)(c3ccccc31)c1ccccc12. The van der Waals surface area contributed by atoms with E-state index in [-0.39, 0.29) is 0 Å². The maximum absolute atomic E-state index is 5.72. The molecule has 0 amide bonds. The van der Waals surface area contributed by atoms with Gasteiger partial charge in [-0.25, -0.2) is 9.97 Å². The summed E-state index contributed by atoms with van der Waals surface area (Å²) in [6.07, 6.45) is 0. The molecule has 0 atom stereocenters. The van der Waals surface area contributed by atoms with Crippen LogP contribution in [-0.2, 0) is 9.74 Å². The number of aromatic nitrogens is 2. The van der Waals surface area contributed by atoms with Crippen LogP contribution in [0.1, 0.15) is 39.2 Å². The Kier molecular flexibility index (Phi) is 5.03. The van der Waals surface area contributed by atoms with Crippen molar-refractivity contribution in [3.8, 4) is 11.3 Å². The van der Waals surface area contributed by atoms with Crippen molar-refractivity contribution in [3.63, 3.8) is 0 Å². The molecule has 0 radical (unpaired) electrons. The smallest absolute Gasteiger partial charge is 0.149 e. The van der Waals surface area contributed by atoms with Crippen molar-refractivity contribution in [1.29, 1.82) is 0 Å². The molecule has 3 heteroatoms. The molecule has 210 valence electrons. The fourth-order valence-electron chi connectivity index (χ4n) is 8.31. The molecule has 0 saturated heterocycles. The predicted octanol–water partition coefficient (Wildman–Crippen LogP) is 10.3. The lowest BCUT2D eigenvalue weighted by molar-refractivity contribution is 0.583. The number of halogens is 1. The van der Waals surface area contributed by atoms with Crippen molar-refractivity contribution >= 4 is 48.4 Å². The van der Waals surface area contributed by atoms with Gasteiger partial charge in [0.25, 0.3) is 0 Å². The van der Waals surface area contributed by atoms with Crippen LogP contribution in [0.2, 0.25) is 0 Å². The number of hydrogen-bond acceptors (Lipinski definition) is 2.